The molecule has 0 saturated carbocycles. The highest BCUT2D eigenvalue weighted by Crippen LogP contribution is 2.32. The summed E-state index contributed by atoms with van der Waals surface area (Å²) >= 11 is 0. The van der Waals surface area contributed by atoms with E-state index in [2.05, 4.69) is 0 Å². The second kappa shape index (κ2) is 4.18. The summed E-state index contributed by atoms with van der Waals surface area (Å²) in [6.45, 7) is 0. The highest BCUT2D eigenvalue weighted by molar-refractivity contribution is 5.43. The zero-order valence-corrected chi connectivity index (χ0v) is 9.66. The minimum Gasteiger partial charge on any atom is -0.384 e. The van der Waals surface area contributed by atoms with Gasteiger partial charge in [-0.2, -0.15) is 0 Å². The lowest BCUT2D eigenvalue weighted by molar-refractivity contribution is 0.219. The maximum Gasteiger partial charge on any atom is 0.123 e. The summed E-state index contributed by atoms with van der Waals surface area (Å²) < 4.78 is 26.4. The number of hydrogen-bond acceptors (Lipinski definition) is 1. The monoisotopic (exact) mass is 246 g/mol. The Morgan fingerprint density at radius 3 is 1.72 bits per heavy atom. The molecule has 0 atom stereocenters. The molecule has 0 amide bonds. The van der Waals surface area contributed by atoms with E-state index in [9.17, 15) is 13.9 Å². The number of hydrogen-bond donors (Lipinski definition) is 1. The maximum absolute atomic E-state index is 13.2. The van der Waals surface area contributed by atoms with Gasteiger partial charge in [-0.1, -0.05) is 12.1 Å². The first-order valence-corrected chi connectivity index (χ1v) is 5.90. The predicted octanol–water partition coefficient (Wildman–Crippen LogP) is 3.15. The molecule has 0 radical (unpaired) electrons. The minimum atomic E-state index is -0.807. The summed E-state index contributed by atoms with van der Waals surface area (Å²) in [6, 6.07) is 8.79. The Kier molecular flexibility index (Phi) is 2.63. The van der Waals surface area contributed by atoms with Crippen molar-refractivity contribution in [2.45, 2.75) is 18.9 Å². The maximum atomic E-state index is 13.2. The van der Waals surface area contributed by atoms with Gasteiger partial charge in [0.2, 0.25) is 0 Å². The summed E-state index contributed by atoms with van der Waals surface area (Å²) in [5, 5.41) is 10.3. The van der Waals surface area contributed by atoms with Gasteiger partial charge in [-0.05, 0) is 59.4 Å². The van der Waals surface area contributed by atoms with Crippen molar-refractivity contribution in [1.82, 2.24) is 0 Å². The van der Waals surface area contributed by atoms with Crippen molar-refractivity contribution in [1.29, 1.82) is 0 Å². The fourth-order valence-corrected chi connectivity index (χ4v) is 2.55. The lowest BCUT2D eigenvalue weighted by Crippen LogP contribution is -2.03. The number of rotatable bonds is 0. The average molecular weight is 246 g/mol. The highest BCUT2D eigenvalue weighted by atomic mass is 19.1. The van der Waals surface area contributed by atoms with Gasteiger partial charge in [-0.3, -0.25) is 0 Å². The number of fused-ring (bicyclic) bond motifs is 2. The summed E-state index contributed by atoms with van der Waals surface area (Å²) in [7, 11) is 0. The zero-order chi connectivity index (χ0) is 12.7. The van der Waals surface area contributed by atoms with Crippen LogP contribution in [-0.2, 0) is 12.8 Å². The van der Waals surface area contributed by atoms with E-state index in [1.165, 1.54) is 24.3 Å². The SMILES string of the molecule is OC1c2ccc(F)cc2CCc2cc(F)ccc21. The van der Waals surface area contributed by atoms with Crippen molar-refractivity contribution >= 4 is 0 Å². The predicted molar refractivity (Wildman–Crippen MR) is 64.3 cm³/mol. The molecule has 1 nitrogen and oxygen atoms in total. The average Bonchev–Trinajstić information content (AvgIpc) is 2.47. The van der Waals surface area contributed by atoms with Crippen molar-refractivity contribution in [2.24, 2.45) is 0 Å². The molecule has 0 unspecified atom stereocenters. The normalized spacial score (nSPS) is 14.8. The van der Waals surface area contributed by atoms with Gasteiger partial charge in [0.15, 0.2) is 0 Å². The minimum absolute atomic E-state index is 0.307. The fraction of sp³-hybridized carbons (Fsp3) is 0.200. The number of halogens is 2. The van der Waals surface area contributed by atoms with E-state index in [-0.39, 0.29) is 11.6 Å². The highest BCUT2D eigenvalue weighted by Gasteiger charge is 2.22. The van der Waals surface area contributed by atoms with Crippen LogP contribution in [0.25, 0.3) is 0 Å². The molecule has 1 aliphatic rings. The Bertz CT molecular complexity index is 554. The first-order chi connectivity index (χ1) is 8.65. The lowest BCUT2D eigenvalue weighted by atomic mass is 9.97. The molecule has 0 bridgehead atoms. The van der Waals surface area contributed by atoms with Crippen molar-refractivity contribution in [3.05, 3.63) is 70.3 Å². The summed E-state index contributed by atoms with van der Waals surface area (Å²) in [4.78, 5) is 0. The Morgan fingerprint density at radius 2 is 1.28 bits per heavy atom. The van der Waals surface area contributed by atoms with Crippen LogP contribution in [0.5, 0.6) is 0 Å². The first-order valence-electron chi connectivity index (χ1n) is 5.90. The molecule has 0 fully saturated rings. The fourth-order valence-electron chi connectivity index (χ4n) is 2.55. The molecule has 2 aromatic carbocycles. The molecule has 0 spiro atoms. The third-order valence-electron chi connectivity index (χ3n) is 3.46. The molecule has 1 aliphatic carbocycles. The number of aryl methyl sites for hydroxylation is 2. The van der Waals surface area contributed by atoms with Gasteiger partial charge in [0, 0.05) is 0 Å². The smallest absolute Gasteiger partial charge is 0.123 e. The standard InChI is InChI=1S/C15H12F2O/c16-11-3-5-13-9(7-11)1-2-10-8-12(17)4-6-14(10)15(13)18/h3-8,15,18H,1-2H2. The van der Waals surface area contributed by atoms with Crippen molar-refractivity contribution in [2.75, 3.05) is 0 Å². The van der Waals surface area contributed by atoms with E-state index in [4.69, 9.17) is 0 Å². The van der Waals surface area contributed by atoms with E-state index in [0.717, 1.165) is 11.1 Å². The molecule has 0 aromatic heterocycles. The summed E-state index contributed by atoms with van der Waals surface area (Å²) in [6.07, 6.45) is 0.417. The number of aliphatic hydroxyl groups excluding tert-OH is 1. The molecule has 0 aliphatic heterocycles. The zero-order valence-electron chi connectivity index (χ0n) is 9.66. The van der Waals surface area contributed by atoms with Crippen LogP contribution in [0.4, 0.5) is 8.78 Å². The Hall–Kier alpha value is -1.74. The molecular weight excluding hydrogens is 234 g/mol. The van der Waals surface area contributed by atoms with E-state index >= 15 is 0 Å². The van der Waals surface area contributed by atoms with Crippen LogP contribution in [-0.4, -0.2) is 5.11 Å². The molecule has 18 heavy (non-hydrogen) atoms. The van der Waals surface area contributed by atoms with Crippen LogP contribution in [0, 0.1) is 11.6 Å². The van der Waals surface area contributed by atoms with Crippen LogP contribution < -0.4 is 0 Å². The van der Waals surface area contributed by atoms with Crippen LogP contribution >= 0.6 is 0 Å². The molecule has 3 rings (SSSR count). The van der Waals surface area contributed by atoms with Gasteiger partial charge in [-0.15, -0.1) is 0 Å². The van der Waals surface area contributed by atoms with Crippen LogP contribution in [0.15, 0.2) is 36.4 Å². The molecular formula is C15H12F2O. The molecule has 0 heterocycles. The van der Waals surface area contributed by atoms with Crippen LogP contribution in [0.3, 0.4) is 0 Å². The number of benzene rings is 2. The van der Waals surface area contributed by atoms with Gasteiger partial charge in [0.1, 0.15) is 17.7 Å². The summed E-state index contributed by atoms with van der Waals surface area (Å²) in [5.74, 6) is -0.615. The Morgan fingerprint density at radius 1 is 0.833 bits per heavy atom. The number of aliphatic hydroxyl groups is 1. The molecule has 0 saturated heterocycles. The van der Waals surface area contributed by atoms with Gasteiger partial charge in [0.05, 0.1) is 0 Å². The van der Waals surface area contributed by atoms with Gasteiger partial charge in [0.25, 0.3) is 0 Å². The third kappa shape index (κ3) is 1.81. The van der Waals surface area contributed by atoms with E-state index in [1.807, 2.05) is 0 Å². The van der Waals surface area contributed by atoms with E-state index < -0.39 is 6.10 Å². The van der Waals surface area contributed by atoms with Gasteiger partial charge in [-0.25, -0.2) is 8.78 Å². The Labute approximate surface area is 104 Å². The first kappa shape index (κ1) is 11.4. The van der Waals surface area contributed by atoms with Crippen LogP contribution in [0.1, 0.15) is 28.4 Å². The quantitative estimate of drug-likeness (QED) is 0.757. The second-order valence-electron chi connectivity index (χ2n) is 4.59. The van der Waals surface area contributed by atoms with Crippen LogP contribution in [0.2, 0.25) is 0 Å². The third-order valence-corrected chi connectivity index (χ3v) is 3.46. The molecule has 92 valence electrons. The lowest BCUT2D eigenvalue weighted by Gasteiger charge is -2.14. The topological polar surface area (TPSA) is 20.2 Å². The molecule has 2 aromatic rings. The van der Waals surface area contributed by atoms with Crippen molar-refractivity contribution in [3.8, 4) is 0 Å². The van der Waals surface area contributed by atoms with Gasteiger partial charge < -0.3 is 5.11 Å². The molecule has 3 heteroatoms. The summed E-state index contributed by atoms with van der Waals surface area (Å²) in [5.41, 5.74) is 3.00. The van der Waals surface area contributed by atoms with Crippen molar-refractivity contribution < 1.29 is 13.9 Å². The van der Waals surface area contributed by atoms with Crippen molar-refractivity contribution in [3.63, 3.8) is 0 Å². The van der Waals surface area contributed by atoms with Gasteiger partial charge >= 0.3 is 0 Å². The molecule has 1 N–H and O–H groups in total. The van der Waals surface area contributed by atoms with E-state index in [0.29, 0.717) is 24.0 Å². The second-order valence-corrected chi connectivity index (χ2v) is 4.59. The Balaban J connectivity index is 2.15. The largest absolute Gasteiger partial charge is 0.384 e. The van der Waals surface area contributed by atoms with E-state index in [1.54, 1.807) is 12.1 Å².